The molecule has 0 aliphatic carbocycles. The van der Waals surface area contributed by atoms with E-state index in [1.807, 2.05) is 0 Å². The van der Waals surface area contributed by atoms with E-state index in [2.05, 4.69) is 26.2 Å². The van der Waals surface area contributed by atoms with E-state index in [9.17, 15) is 9.50 Å². The molecule has 17 heavy (non-hydrogen) atoms. The number of aliphatic hydroxyl groups excluding tert-OH is 1. The molecule has 6 heteroatoms. The minimum Gasteiger partial charge on any atom is -0.386 e. The van der Waals surface area contributed by atoms with Crippen molar-refractivity contribution in [3.05, 3.63) is 45.9 Å². The van der Waals surface area contributed by atoms with Gasteiger partial charge >= 0.3 is 0 Å². The molecule has 4 nitrogen and oxygen atoms in total. The fourth-order valence-corrected chi connectivity index (χ4v) is 2.25. The Morgan fingerprint density at radius 1 is 1.47 bits per heavy atom. The number of aliphatic hydroxyl groups is 1. The van der Waals surface area contributed by atoms with Gasteiger partial charge in [0.1, 0.15) is 17.6 Å². The van der Waals surface area contributed by atoms with Crippen molar-refractivity contribution in [1.82, 2.24) is 15.0 Å². The molecular formula is C11H11BrFN3O. The second-order valence-corrected chi connectivity index (χ2v) is 4.45. The van der Waals surface area contributed by atoms with Gasteiger partial charge in [-0.2, -0.15) is 0 Å². The Kier molecular flexibility index (Phi) is 3.54. The molecule has 0 aliphatic rings. The SMILES string of the molecule is Cn1nnc(Br)c1C(O)Cc1ccccc1F. The predicted molar refractivity (Wildman–Crippen MR) is 63.8 cm³/mol. The first-order chi connectivity index (χ1) is 8.09. The maximum atomic E-state index is 13.4. The molecule has 2 rings (SSSR count). The van der Waals surface area contributed by atoms with E-state index in [-0.39, 0.29) is 12.2 Å². The number of hydrogen-bond donors (Lipinski definition) is 1. The molecule has 0 bridgehead atoms. The van der Waals surface area contributed by atoms with Crippen molar-refractivity contribution < 1.29 is 9.50 Å². The van der Waals surface area contributed by atoms with Gasteiger partial charge in [-0.05, 0) is 27.6 Å². The van der Waals surface area contributed by atoms with Crippen LogP contribution in [-0.4, -0.2) is 20.1 Å². The van der Waals surface area contributed by atoms with Crippen molar-refractivity contribution in [1.29, 1.82) is 0 Å². The summed E-state index contributed by atoms with van der Waals surface area (Å²) in [7, 11) is 1.68. The molecule has 1 atom stereocenters. The van der Waals surface area contributed by atoms with Gasteiger partial charge in [-0.15, -0.1) is 5.10 Å². The molecule has 0 saturated heterocycles. The van der Waals surface area contributed by atoms with Crippen LogP contribution in [0.15, 0.2) is 28.9 Å². The van der Waals surface area contributed by atoms with E-state index in [0.717, 1.165) is 0 Å². The quantitative estimate of drug-likeness (QED) is 0.943. The third-order valence-electron chi connectivity index (χ3n) is 2.51. The number of hydrogen-bond acceptors (Lipinski definition) is 3. The highest BCUT2D eigenvalue weighted by molar-refractivity contribution is 9.10. The average Bonchev–Trinajstić information content (AvgIpc) is 2.62. The average molecular weight is 300 g/mol. The first-order valence-electron chi connectivity index (χ1n) is 5.06. The van der Waals surface area contributed by atoms with Crippen molar-refractivity contribution in [2.45, 2.75) is 12.5 Å². The summed E-state index contributed by atoms with van der Waals surface area (Å²) in [4.78, 5) is 0. The topological polar surface area (TPSA) is 50.9 Å². The Balaban J connectivity index is 2.23. The molecule has 90 valence electrons. The predicted octanol–water partition coefficient (Wildman–Crippen LogP) is 1.99. The van der Waals surface area contributed by atoms with Crippen LogP contribution in [0.25, 0.3) is 0 Å². The number of rotatable bonds is 3. The van der Waals surface area contributed by atoms with Crippen LogP contribution in [0.4, 0.5) is 4.39 Å². The molecule has 0 radical (unpaired) electrons. The van der Waals surface area contributed by atoms with Crippen molar-refractivity contribution in [3.8, 4) is 0 Å². The molecule has 1 aromatic carbocycles. The van der Waals surface area contributed by atoms with E-state index >= 15 is 0 Å². The molecule has 0 fully saturated rings. The van der Waals surface area contributed by atoms with Crippen LogP contribution in [0.5, 0.6) is 0 Å². The molecule has 0 amide bonds. The van der Waals surface area contributed by atoms with E-state index in [1.54, 1.807) is 25.2 Å². The summed E-state index contributed by atoms with van der Waals surface area (Å²) < 4.78 is 15.4. The fraction of sp³-hybridized carbons (Fsp3) is 0.273. The summed E-state index contributed by atoms with van der Waals surface area (Å²) in [6, 6.07) is 6.38. The molecule has 1 N–H and O–H groups in total. The first-order valence-corrected chi connectivity index (χ1v) is 5.85. The zero-order valence-corrected chi connectivity index (χ0v) is 10.7. The molecule has 0 saturated carbocycles. The Morgan fingerprint density at radius 2 is 2.18 bits per heavy atom. The molecule has 1 unspecified atom stereocenters. The van der Waals surface area contributed by atoms with Crippen LogP contribution in [0.3, 0.4) is 0 Å². The van der Waals surface area contributed by atoms with Gasteiger partial charge in [0.2, 0.25) is 0 Å². The highest BCUT2D eigenvalue weighted by Crippen LogP contribution is 2.24. The minimum atomic E-state index is -0.846. The molecule has 1 heterocycles. The van der Waals surface area contributed by atoms with Gasteiger partial charge in [-0.1, -0.05) is 23.4 Å². The van der Waals surface area contributed by atoms with Gasteiger partial charge in [-0.25, -0.2) is 9.07 Å². The monoisotopic (exact) mass is 299 g/mol. The van der Waals surface area contributed by atoms with E-state index in [4.69, 9.17) is 0 Å². The van der Waals surface area contributed by atoms with Crippen LogP contribution in [0, 0.1) is 5.82 Å². The van der Waals surface area contributed by atoms with Crippen molar-refractivity contribution >= 4 is 15.9 Å². The largest absolute Gasteiger partial charge is 0.386 e. The van der Waals surface area contributed by atoms with Crippen LogP contribution >= 0.6 is 15.9 Å². The third kappa shape index (κ3) is 2.53. The van der Waals surface area contributed by atoms with Crippen LogP contribution in [0.2, 0.25) is 0 Å². The van der Waals surface area contributed by atoms with E-state index in [0.29, 0.717) is 15.9 Å². The van der Waals surface area contributed by atoms with Crippen molar-refractivity contribution in [2.75, 3.05) is 0 Å². The number of halogens is 2. The summed E-state index contributed by atoms with van der Waals surface area (Å²) in [5, 5.41) is 17.6. The smallest absolute Gasteiger partial charge is 0.154 e. The van der Waals surface area contributed by atoms with Crippen LogP contribution < -0.4 is 0 Å². The van der Waals surface area contributed by atoms with E-state index < -0.39 is 6.10 Å². The maximum absolute atomic E-state index is 13.4. The maximum Gasteiger partial charge on any atom is 0.154 e. The van der Waals surface area contributed by atoms with Crippen molar-refractivity contribution in [2.24, 2.45) is 7.05 Å². The highest BCUT2D eigenvalue weighted by Gasteiger charge is 2.19. The highest BCUT2D eigenvalue weighted by atomic mass is 79.9. The Morgan fingerprint density at radius 3 is 2.76 bits per heavy atom. The minimum absolute atomic E-state index is 0.187. The number of aryl methyl sites for hydroxylation is 1. The second kappa shape index (κ2) is 4.93. The summed E-state index contributed by atoms with van der Waals surface area (Å²) >= 11 is 3.20. The third-order valence-corrected chi connectivity index (χ3v) is 3.08. The van der Waals surface area contributed by atoms with Gasteiger partial charge in [0.05, 0.1) is 0 Å². The van der Waals surface area contributed by atoms with Gasteiger partial charge in [0.15, 0.2) is 4.60 Å². The standard InChI is InChI=1S/C11H11BrFN3O/c1-16-10(11(12)14-15-16)9(17)6-7-4-2-3-5-8(7)13/h2-5,9,17H,6H2,1H3. The Labute approximate surface area is 106 Å². The number of benzene rings is 1. The lowest BCUT2D eigenvalue weighted by Crippen LogP contribution is -2.09. The lowest BCUT2D eigenvalue weighted by molar-refractivity contribution is 0.166. The van der Waals surface area contributed by atoms with E-state index in [1.165, 1.54) is 10.7 Å². The first kappa shape index (κ1) is 12.2. The lowest BCUT2D eigenvalue weighted by atomic mass is 10.1. The molecule has 2 aromatic rings. The summed E-state index contributed by atoms with van der Waals surface area (Å²) in [6.45, 7) is 0. The second-order valence-electron chi connectivity index (χ2n) is 3.70. The number of nitrogens with zero attached hydrogens (tertiary/aromatic N) is 3. The van der Waals surface area contributed by atoms with Crippen LogP contribution in [0.1, 0.15) is 17.4 Å². The molecule has 0 spiro atoms. The Bertz CT molecular complexity index is 510. The number of aromatic nitrogens is 3. The fourth-order valence-electron chi connectivity index (χ4n) is 1.66. The van der Waals surface area contributed by atoms with Gasteiger partial charge < -0.3 is 5.11 Å². The summed E-state index contributed by atoms with van der Waals surface area (Å²) in [5.74, 6) is -0.321. The molecular weight excluding hydrogens is 289 g/mol. The van der Waals surface area contributed by atoms with Gasteiger partial charge in [0.25, 0.3) is 0 Å². The molecule has 0 aliphatic heterocycles. The zero-order chi connectivity index (χ0) is 12.4. The zero-order valence-electron chi connectivity index (χ0n) is 9.14. The summed E-state index contributed by atoms with van der Waals surface area (Å²) in [5.41, 5.74) is 1.00. The van der Waals surface area contributed by atoms with Crippen molar-refractivity contribution in [3.63, 3.8) is 0 Å². The lowest BCUT2D eigenvalue weighted by Gasteiger charge is -2.11. The summed E-state index contributed by atoms with van der Waals surface area (Å²) in [6.07, 6.45) is -0.659. The van der Waals surface area contributed by atoms with Gasteiger partial charge in [0, 0.05) is 13.5 Å². The molecule has 1 aromatic heterocycles. The van der Waals surface area contributed by atoms with Crippen LogP contribution in [-0.2, 0) is 13.5 Å². The Hall–Kier alpha value is -1.27. The van der Waals surface area contributed by atoms with Gasteiger partial charge in [-0.3, -0.25) is 0 Å². The normalized spacial score (nSPS) is 12.7.